The second kappa shape index (κ2) is 5.06. The first-order chi connectivity index (χ1) is 9.70. The molecule has 1 heterocycles. The minimum absolute atomic E-state index is 0.0618. The normalized spacial score (nSPS) is 10.7. The van der Waals surface area contributed by atoms with Crippen molar-refractivity contribution < 1.29 is 13.9 Å². The van der Waals surface area contributed by atoms with E-state index in [4.69, 9.17) is 4.74 Å². The van der Waals surface area contributed by atoms with Gasteiger partial charge in [0.05, 0.1) is 12.7 Å². The first kappa shape index (κ1) is 12.8. The lowest BCUT2D eigenvalue weighted by atomic mass is 10.0. The van der Waals surface area contributed by atoms with E-state index >= 15 is 0 Å². The van der Waals surface area contributed by atoms with Crippen molar-refractivity contribution in [3.63, 3.8) is 0 Å². The summed E-state index contributed by atoms with van der Waals surface area (Å²) < 4.78 is 19.8. The Labute approximate surface area is 119 Å². The summed E-state index contributed by atoms with van der Waals surface area (Å²) in [7, 11) is 1.46. The third kappa shape index (κ3) is 2.08. The van der Waals surface area contributed by atoms with Gasteiger partial charge in [0, 0.05) is 16.3 Å². The summed E-state index contributed by atoms with van der Waals surface area (Å²) in [6.45, 7) is 0. The molecule has 0 atom stereocenters. The van der Waals surface area contributed by atoms with Crippen molar-refractivity contribution in [3.05, 3.63) is 64.8 Å². The van der Waals surface area contributed by atoms with Crippen LogP contribution < -0.4 is 4.74 Å². The van der Waals surface area contributed by atoms with E-state index in [9.17, 15) is 9.18 Å². The molecule has 0 bridgehead atoms. The topological polar surface area (TPSA) is 26.3 Å². The number of halogens is 1. The number of hydrogen-bond acceptors (Lipinski definition) is 3. The van der Waals surface area contributed by atoms with Gasteiger partial charge in [0.15, 0.2) is 5.78 Å². The zero-order chi connectivity index (χ0) is 14.1. The summed E-state index contributed by atoms with van der Waals surface area (Å²) in [4.78, 5) is 12.5. The summed E-state index contributed by atoms with van der Waals surface area (Å²) in [5.41, 5.74) is 0.591. The lowest BCUT2D eigenvalue weighted by molar-refractivity contribution is 0.103. The first-order valence-corrected chi connectivity index (χ1v) is 6.93. The van der Waals surface area contributed by atoms with Gasteiger partial charge >= 0.3 is 0 Å². The van der Waals surface area contributed by atoms with Crippen molar-refractivity contribution in [2.45, 2.75) is 0 Å². The summed E-state index contributed by atoms with van der Waals surface area (Å²) in [6, 6.07) is 11.7. The highest BCUT2D eigenvalue weighted by atomic mass is 32.1. The molecule has 0 aliphatic rings. The minimum atomic E-state index is -0.567. The van der Waals surface area contributed by atoms with Crippen LogP contribution in [0.2, 0.25) is 0 Å². The van der Waals surface area contributed by atoms with Crippen molar-refractivity contribution in [1.29, 1.82) is 0 Å². The molecular formula is C16H11FO2S. The molecule has 0 amide bonds. The zero-order valence-electron chi connectivity index (χ0n) is 10.7. The molecule has 3 rings (SSSR count). The summed E-state index contributed by atoms with van der Waals surface area (Å²) in [5.74, 6) is -0.477. The maximum absolute atomic E-state index is 14.0. The molecule has 2 aromatic carbocycles. The highest BCUT2D eigenvalue weighted by molar-refractivity contribution is 7.17. The van der Waals surface area contributed by atoms with Gasteiger partial charge in [-0.3, -0.25) is 4.79 Å². The van der Waals surface area contributed by atoms with E-state index in [2.05, 4.69) is 0 Å². The molecule has 100 valence electrons. The predicted octanol–water partition coefficient (Wildman–Crippen LogP) is 4.28. The SMILES string of the molecule is COc1ccc(C(=O)c2cccc3ccsc23)c(F)c1. The Balaban J connectivity index is 2.11. The number of hydrogen-bond donors (Lipinski definition) is 0. The molecule has 2 nitrogen and oxygen atoms in total. The van der Waals surface area contributed by atoms with Gasteiger partial charge in [-0.2, -0.15) is 0 Å². The average molecular weight is 286 g/mol. The Morgan fingerprint density at radius 1 is 1.15 bits per heavy atom. The van der Waals surface area contributed by atoms with E-state index in [0.29, 0.717) is 11.3 Å². The highest BCUT2D eigenvalue weighted by Crippen LogP contribution is 2.28. The number of ketones is 1. The Morgan fingerprint density at radius 2 is 2.00 bits per heavy atom. The van der Waals surface area contributed by atoms with E-state index in [1.165, 1.54) is 30.6 Å². The molecule has 0 radical (unpaired) electrons. The maximum Gasteiger partial charge on any atom is 0.197 e. The van der Waals surface area contributed by atoms with E-state index in [1.807, 2.05) is 23.6 Å². The molecule has 0 fully saturated rings. The Morgan fingerprint density at radius 3 is 2.75 bits per heavy atom. The van der Waals surface area contributed by atoms with Crippen LogP contribution in [-0.2, 0) is 0 Å². The van der Waals surface area contributed by atoms with Gasteiger partial charge in [-0.1, -0.05) is 12.1 Å². The number of fused-ring (bicyclic) bond motifs is 1. The van der Waals surface area contributed by atoms with Crippen molar-refractivity contribution in [2.24, 2.45) is 0 Å². The first-order valence-electron chi connectivity index (χ1n) is 6.05. The molecule has 3 aromatic rings. The fraction of sp³-hybridized carbons (Fsp3) is 0.0625. The van der Waals surface area contributed by atoms with Gasteiger partial charge in [-0.25, -0.2) is 4.39 Å². The van der Waals surface area contributed by atoms with Crippen LogP contribution in [0.4, 0.5) is 4.39 Å². The summed E-state index contributed by atoms with van der Waals surface area (Å²) in [5, 5.41) is 2.92. The molecule has 0 N–H and O–H groups in total. The highest BCUT2D eigenvalue weighted by Gasteiger charge is 2.17. The monoisotopic (exact) mass is 286 g/mol. The maximum atomic E-state index is 14.0. The Hall–Kier alpha value is -2.20. The van der Waals surface area contributed by atoms with Crippen LogP contribution in [-0.4, -0.2) is 12.9 Å². The zero-order valence-corrected chi connectivity index (χ0v) is 11.5. The number of benzene rings is 2. The largest absolute Gasteiger partial charge is 0.497 e. The molecular weight excluding hydrogens is 275 g/mol. The van der Waals surface area contributed by atoms with Crippen molar-refractivity contribution in [3.8, 4) is 5.75 Å². The van der Waals surface area contributed by atoms with Crippen LogP contribution in [0.5, 0.6) is 5.75 Å². The number of carbonyl (C=O) groups excluding carboxylic acids is 1. The average Bonchev–Trinajstić information content (AvgIpc) is 2.94. The van der Waals surface area contributed by atoms with E-state index < -0.39 is 5.82 Å². The number of ether oxygens (including phenoxy) is 1. The van der Waals surface area contributed by atoms with Crippen LogP contribution in [0.15, 0.2) is 47.8 Å². The fourth-order valence-electron chi connectivity index (χ4n) is 2.12. The second-order valence-electron chi connectivity index (χ2n) is 4.32. The summed E-state index contributed by atoms with van der Waals surface area (Å²) in [6.07, 6.45) is 0. The molecule has 0 spiro atoms. The van der Waals surface area contributed by atoms with Gasteiger partial charge in [0.25, 0.3) is 0 Å². The molecule has 0 unspecified atom stereocenters. The van der Waals surface area contributed by atoms with Gasteiger partial charge in [-0.15, -0.1) is 11.3 Å². The standard InChI is InChI=1S/C16H11FO2S/c1-19-11-5-6-12(14(17)9-11)15(18)13-4-2-3-10-7-8-20-16(10)13/h2-9H,1H3. The number of methoxy groups -OCH3 is 1. The summed E-state index contributed by atoms with van der Waals surface area (Å²) >= 11 is 1.48. The Bertz CT molecular complexity index is 792. The van der Waals surface area contributed by atoms with E-state index in [-0.39, 0.29) is 11.3 Å². The van der Waals surface area contributed by atoms with Crippen molar-refractivity contribution in [1.82, 2.24) is 0 Å². The predicted molar refractivity (Wildman–Crippen MR) is 78.2 cm³/mol. The van der Waals surface area contributed by atoms with Crippen LogP contribution in [0.1, 0.15) is 15.9 Å². The van der Waals surface area contributed by atoms with Gasteiger partial charge in [-0.05, 0) is 35.0 Å². The number of rotatable bonds is 3. The molecule has 0 aliphatic heterocycles. The molecule has 0 saturated carbocycles. The lowest BCUT2D eigenvalue weighted by Crippen LogP contribution is -2.04. The smallest absolute Gasteiger partial charge is 0.197 e. The lowest BCUT2D eigenvalue weighted by Gasteiger charge is -2.06. The molecule has 4 heteroatoms. The van der Waals surface area contributed by atoms with Gasteiger partial charge < -0.3 is 4.74 Å². The molecule has 1 aromatic heterocycles. The van der Waals surface area contributed by atoms with Crippen molar-refractivity contribution in [2.75, 3.05) is 7.11 Å². The minimum Gasteiger partial charge on any atom is -0.497 e. The Kier molecular flexibility index (Phi) is 3.24. The van der Waals surface area contributed by atoms with Gasteiger partial charge in [0.1, 0.15) is 11.6 Å². The number of carbonyl (C=O) groups is 1. The molecule has 0 aliphatic carbocycles. The number of thiophene rings is 1. The third-order valence-electron chi connectivity index (χ3n) is 3.14. The van der Waals surface area contributed by atoms with Crippen LogP contribution in [0.3, 0.4) is 0 Å². The quantitative estimate of drug-likeness (QED) is 0.672. The molecule has 0 saturated heterocycles. The third-order valence-corrected chi connectivity index (χ3v) is 4.11. The van der Waals surface area contributed by atoms with Crippen LogP contribution in [0, 0.1) is 5.82 Å². The van der Waals surface area contributed by atoms with Crippen LogP contribution in [0.25, 0.3) is 10.1 Å². The van der Waals surface area contributed by atoms with E-state index in [1.54, 1.807) is 12.1 Å². The van der Waals surface area contributed by atoms with Crippen LogP contribution >= 0.6 is 11.3 Å². The van der Waals surface area contributed by atoms with Crippen molar-refractivity contribution >= 4 is 27.2 Å². The second-order valence-corrected chi connectivity index (χ2v) is 5.24. The van der Waals surface area contributed by atoms with E-state index in [0.717, 1.165) is 10.1 Å². The fourth-order valence-corrected chi connectivity index (χ4v) is 3.03. The van der Waals surface area contributed by atoms with Gasteiger partial charge in [0.2, 0.25) is 0 Å². The molecule has 20 heavy (non-hydrogen) atoms.